The Morgan fingerprint density at radius 1 is 1.19 bits per heavy atom. The fourth-order valence-electron chi connectivity index (χ4n) is 2.13. The maximum absolute atomic E-state index is 12.2. The number of hydrogen-bond donors (Lipinski definition) is 2. The highest BCUT2D eigenvalue weighted by atomic mass is 79.9. The number of halogens is 1. The zero-order chi connectivity index (χ0) is 15.2. The zero-order valence-electron chi connectivity index (χ0n) is 12.0. The molecule has 0 aliphatic heterocycles. The molecule has 0 spiro atoms. The Morgan fingerprint density at radius 2 is 1.90 bits per heavy atom. The SMILES string of the molecule is Cc1cccc(C(=O)NCCC(N)c2ccccc2)c1Br. The quantitative estimate of drug-likeness (QED) is 0.869. The molecule has 1 amide bonds. The predicted octanol–water partition coefficient (Wildman–Crippen LogP) is 3.58. The number of nitrogens with one attached hydrogen (secondary N) is 1. The summed E-state index contributed by atoms with van der Waals surface area (Å²) in [5, 5.41) is 2.92. The highest BCUT2D eigenvalue weighted by Crippen LogP contribution is 2.21. The maximum Gasteiger partial charge on any atom is 0.252 e. The fourth-order valence-corrected chi connectivity index (χ4v) is 2.57. The van der Waals surface area contributed by atoms with E-state index in [1.807, 2.05) is 55.5 Å². The van der Waals surface area contributed by atoms with Crippen LogP contribution in [0.5, 0.6) is 0 Å². The van der Waals surface area contributed by atoms with Crippen molar-refractivity contribution in [3.63, 3.8) is 0 Å². The van der Waals surface area contributed by atoms with Gasteiger partial charge < -0.3 is 11.1 Å². The number of carbonyl (C=O) groups is 1. The third-order valence-corrected chi connectivity index (χ3v) is 4.46. The summed E-state index contributed by atoms with van der Waals surface area (Å²) in [5.74, 6) is -0.0779. The molecule has 1 unspecified atom stereocenters. The van der Waals surface area contributed by atoms with Crippen molar-refractivity contribution >= 4 is 21.8 Å². The van der Waals surface area contributed by atoms with E-state index in [9.17, 15) is 4.79 Å². The third kappa shape index (κ3) is 4.16. The minimum atomic E-state index is -0.0779. The van der Waals surface area contributed by atoms with E-state index in [-0.39, 0.29) is 11.9 Å². The lowest BCUT2D eigenvalue weighted by Gasteiger charge is -2.13. The van der Waals surface area contributed by atoms with Gasteiger partial charge in [0.1, 0.15) is 0 Å². The summed E-state index contributed by atoms with van der Waals surface area (Å²) in [4.78, 5) is 12.2. The van der Waals surface area contributed by atoms with Gasteiger partial charge in [-0.05, 0) is 46.5 Å². The summed E-state index contributed by atoms with van der Waals surface area (Å²) in [5.41, 5.74) is 8.90. The number of amides is 1. The molecule has 0 aliphatic rings. The molecule has 0 radical (unpaired) electrons. The minimum absolute atomic E-state index is 0.0625. The molecule has 0 saturated heterocycles. The zero-order valence-corrected chi connectivity index (χ0v) is 13.6. The van der Waals surface area contributed by atoms with E-state index in [0.717, 1.165) is 15.6 Å². The van der Waals surface area contributed by atoms with Crippen LogP contribution in [0.3, 0.4) is 0 Å². The number of carbonyl (C=O) groups excluding carboxylic acids is 1. The summed E-state index contributed by atoms with van der Waals surface area (Å²) in [6.07, 6.45) is 0.708. The Hall–Kier alpha value is -1.65. The van der Waals surface area contributed by atoms with Gasteiger partial charge in [-0.3, -0.25) is 4.79 Å². The Bertz CT molecular complexity index is 613. The first-order chi connectivity index (χ1) is 10.1. The number of hydrogen-bond acceptors (Lipinski definition) is 2. The van der Waals surface area contributed by atoms with Crippen LogP contribution in [0.15, 0.2) is 53.0 Å². The van der Waals surface area contributed by atoms with E-state index >= 15 is 0 Å². The largest absolute Gasteiger partial charge is 0.352 e. The predicted molar refractivity (Wildman–Crippen MR) is 89.2 cm³/mol. The lowest BCUT2D eigenvalue weighted by Crippen LogP contribution is -2.27. The van der Waals surface area contributed by atoms with Crippen LogP contribution in [0.25, 0.3) is 0 Å². The van der Waals surface area contributed by atoms with Crippen LogP contribution in [0.1, 0.15) is 33.9 Å². The third-order valence-electron chi connectivity index (χ3n) is 3.41. The van der Waals surface area contributed by atoms with Gasteiger partial charge in [-0.1, -0.05) is 42.5 Å². The minimum Gasteiger partial charge on any atom is -0.352 e. The van der Waals surface area contributed by atoms with Gasteiger partial charge in [0, 0.05) is 17.1 Å². The molecule has 21 heavy (non-hydrogen) atoms. The van der Waals surface area contributed by atoms with Crippen molar-refractivity contribution in [1.82, 2.24) is 5.32 Å². The van der Waals surface area contributed by atoms with Gasteiger partial charge >= 0.3 is 0 Å². The summed E-state index contributed by atoms with van der Waals surface area (Å²) >= 11 is 3.45. The molecule has 2 aromatic rings. The fraction of sp³-hybridized carbons (Fsp3) is 0.235. The molecule has 3 N–H and O–H groups in total. The number of rotatable bonds is 5. The Balaban J connectivity index is 1.89. The van der Waals surface area contributed by atoms with Crippen molar-refractivity contribution in [1.29, 1.82) is 0 Å². The number of benzene rings is 2. The van der Waals surface area contributed by atoms with Crippen LogP contribution in [0.4, 0.5) is 0 Å². The summed E-state index contributed by atoms with van der Waals surface area (Å²) in [7, 11) is 0. The second kappa shape index (κ2) is 7.38. The first-order valence-corrected chi connectivity index (χ1v) is 7.72. The van der Waals surface area contributed by atoms with Gasteiger partial charge in [0.25, 0.3) is 5.91 Å². The molecule has 0 fully saturated rings. The molecule has 110 valence electrons. The molecular weight excluding hydrogens is 328 g/mol. The van der Waals surface area contributed by atoms with Gasteiger partial charge in [-0.25, -0.2) is 0 Å². The number of nitrogens with two attached hydrogens (primary N) is 1. The van der Waals surface area contributed by atoms with Crippen molar-refractivity contribution in [3.8, 4) is 0 Å². The van der Waals surface area contributed by atoms with Crippen molar-refractivity contribution in [2.75, 3.05) is 6.54 Å². The van der Waals surface area contributed by atoms with E-state index in [1.165, 1.54) is 0 Å². The van der Waals surface area contributed by atoms with Crippen molar-refractivity contribution in [2.24, 2.45) is 5.73 Å². The molecule has 0 heterocycles. The van der Waals surface area contributed by atoms with E-state index in [1.54, 1.807) is 0 Å². The second-order valence-electron chi connectivity index (χ2n) is 5.00. The van der Waals surface area contributed by atoms with Crippen LogP contribution in [-0.2, 0) is 0 Å². The van der Waals surface area contributed by atoms with Crippen LogP contribution < -0.4 is 11.1 Å². The molecule has 4 heteroatoms. The van der Waals surface area contributed by atoms with Crippen molar-refractivity contribution < 1.29 is 4.79 Å². The molecule has 0 aromatic heterocycles. The highest BCUT2D eigenvalue weighted by Gasteiger charge is 2.11. The lowest BCUT2D eigenvalue weighted by atomic mass is 10.0. The van der Waals surface area contributed by atoms with Crippen molar-refractivity contribution in [2.45, 2.75) is 19.4 Å². The van der Waals surface area contributed by atoms with Crippen LogP contribution in [0.2, 0.25) is 0 Å². The highest BCUT2D eigenvalue weighted by molar-refractivity contribution is 9.10. The molecule has 0 aliphatic carbocycles. The van der Waals surface area contributed by atoms with Gasteiger partial charge in [-0.2, -0.15) is 0 Å². The Labute approximate surface area is 133 Å². The second-order valence-corrected chi connectivity index (χ2v) is 5.79. The average molecular weight is 347 g/mol. The topological polar surface area (TPSA) is 55.1 Å². The van der Waals surface area contributed by atoms with Crippen LogP contribution in [-0.4, -0.2) is 12.5 Å². The summed E-state index contributed by atoms with van der Waals surface area (Å²) in [6.45, 7) is 2.52. The standard InChI is InChI=1S/C17H19BrN2O/c1-12-6-5-9-14(16(12)18)17(21)20-11-10-15(19)13-7-3-2-4-8-13/h2-9,15H,10-11,19H2,1H3,(H,20,21). The van der Waals surface area contributed by atoms with E-state index in [0.29, 0.717) is 18.5 Å². The van der Waals surface area contributed by atoms with Crippen LogP contribution in [0, 0.1) is 6.92 Å². The Morgan fingerprint density at radius 3 is 2.62 bits per heavy atom. The average Bonchev–Trinajstić information content (AvgIpc) is 2.50. The molecule has 0 saturated carbocycles. The van der Waals surface area contributed by atoms with Gasteiger partial charge in [0.2, 0.25) is 0 Å². The van der Waals surface area contributed by atoms with Crippen molar-refractivity contribution in [3.05, 3.63) is 69.7 Å². The smallest absolute Gasteiger partial charge is 0.252 e. The molecule has 0 bridgehead atoms. The molecule has 2 aromatic carbocycles. The maximum atomic E-state index is 12.2. The summed E-state index contributed by atoms with van der Waals surface area (Å²) in [6, 6.07) is 15.5. The first-order valence-electron chi connectivity index (χ1n) is 6.93. The van der Waals surface area contributed by atoms with Gasteiger partial charge in [-0.15, -0.1) is 0 Å². The van der Waals surface area contributed by atoms with Crippen LogP contribution >= 0.6 is 15.9 Å². The van der Waals surface area contributed by atoms with E-state index in [4.69, 9.17) is 5.73 Å². The van der Waals surface area contributed by atoms with E-state index < -0.39 is 0 Å². The Kier molecular flexibility index (Phi) is 5.53. The summed E-state index contributed by atoms with van der Waals surface area (Å²) < 4.78 is 0.842. The van der Waals surface area contributed by atoms with E-state index in [2.05, 4.69) is 21.2 Å². The first kappa shape index (κ1) is 15.7. The molecule has 1 atom stereocenters. The molecular formula is C17H19BrN2O. The monoisotopic (exact) mass is 346 g/mol. The van der Waals surface area contributed by atoms with Gasteiger partial charge in [0.15, 0.2) is 0 Å². The van der Waals surface area contributed by atoms with Gasteiger partial charge in [0.05, 0.1) is 5.56 Å². The molecule has 3 nitrogen and oxygen atoms in total. The molecule has 2 rings (SSSR count). The lowest BCUT2D eigenvalue weighted by molar-refractivity contribution is 0.0951. The number of aryl methyl sites for hydroxylation is 1. The normalized spacial score (nSPS) is 12.0.